The molecular weight excluding hydrogens is 401 g/mol. The smallest absolute Gasteiger partial charge is 0.246 e. The Bertz CT molecular complexity index is 1080. The number of likely N-dealkylation sites (tertiary alicyclic amines) is 1. The molecule has 4 rings (SSSR count). The number of carbonyl (C=O) groups excluding carboxylic acids is 1. The van der Waals surface area contributed by atoms with Crippen molar-refractivity contribution in [1.29, 1.82) is 0 Å². The van der Waals surface area contributed by atoms with Gasteiger partial charge < -0.3 is 9.32 Å². The molecule has 3 aromatic rings. The summed E-state index contributed by atoms with van der Waals surface area (Å²) in [5, 5.41) is 19.8. The summed E-state index contributed by atoms with van der Waals surface area (Å²) in [5.41, 5.74) is 1.42. The van der Waals surface area contributed by atoms with Gasteiger partial charge in [-0.2, -0.15) is 4.80 Å². The number of hydrogen-bond acceptors (Lipinski definition) is 7. The second-order valence-electron chi connectivity index (χ2n) is 7.73. The van der Waals surface area contributed by atoms with Gasteiger partial charge >= 0.3 is 0 Å². The second kappa shape index (κ2) is 9.15. The molecule has 0 N–H and O–H groups in total. The van der Waals surface area contributed by atoms with Crippen molar-refractivity contribution >= 4 is 12.0 Å². The van der Waals surface area contributed by atoms with Crippen LogP contribution in [0.3, 0.4) is 0 Å². The maximum Gasteiger partial charge on any atom is 0.246 e. The van der Waals surface area contributed by atoms with Crippen LogP contribution in [0.15, 0.2) is 28.7 Å². The third kappa shape index (κ3) is 5.39. The van der Waals surface area contributed by atoms with Gasteiger partial charge in [0.25, 0.3) is 0 Å². The van der Waals surface area contributed by atoms with Gasteiger partial charge in [-0.25, -0.2) is 4.39 Å². The minimum absolute atomic E-state index is 0.0583. The number of amides is 1. The number of aromatic nitrogens is 6. The van der Waals surface area contributed by atoms with Crippen LogP contribution in [0.1, 0.15) is 41.6 Å². The van der Waals surface area contributed by atoms with Gasteiger partial charge in [-0.15, -0.1) is 20.4 Å². The predicted octanol–water partition coefficient (Wildman–Crippen LogP) is 2.35. The molecule has 2 aromatic heterocycles. The van der Waals surface area contributed by atoms with Gasteiger partial charge in [-0.1, -0.05) is 6.07 Å². The molecule has 1 fully saturated rings. The molecule has 0 saturated carbocycles. The predicted molar refractivity (Wildman–Crippen MR) is 109 cm³/mol. The molecule has 0 unspecified atom stereocenters. The topological polar surface area (TPSA) is 103 Å². The van der Waals surface area contributed by atoms with Crippen molar-refractivity contribution in [1.82, 2.24) is 35.3 Å². The average Bonchev–Trinajstić information content (AvgIpc) is 3.35. The molecule has 3 heterocycles. The summed E-state index contributed by atoms with van der Waals surface area (Å²) in [7, 11) is 0. The minimum Gasteiger partial charge on any atom is -0.426 e. The summed E-state index contributed by atoms with van der Waals surface area (Å²) in [6.45, 7) is 5.15. The highest BCUT2D eigenvalue weighted by atomic mass is 19.1. The van der Waals surface area contributed by atoms with E-state index in [9.17, 15) is 9.18 Å². The van der Waals surface area contributed by atoms with Gasteiger partial charge in [-0.3, -0.25) is 4.79 Å². The highest BCUT2D eigenvalue weighted by molar-refractivity contribution is 5.92. The number of nitrogens with zero attached hydrogens (tertiary/aromatic N) is 7. The van der Waals surface area contributed by atoms with Crippen molar-refractivity contribution in [2.75, 3.05) is 13.1 Å². The van der Waals surface area contributed by atoms with E-state index in [1.54, 1.807) is 32.1 Å². The lowest BCUT2D eigenvalue weighted by Gasteiger charge is -2.30. The standard InChI is InChI=1S/C21H24FN7O2/c1-14-23-27-29(26-14)13-18-12-19(22)5-3-17(18)4-6-21(30)28-9-7-16(8-10-28)11-20-25-24-15(2)31-20/h3-6,12,16H,7-11,13H2,1-2H3/b6-4+. The van der Waals surface area contributed by atoms with Gasteiger partial charge in [-0.05, 0) is 60.2 Å². The molecule has 0 spiro atoms. The van der Waals surface area contributed by atoms with Crippen LogP contribution in [0.4, 0.5) is 4.39 Å². The van der Waals surface area contributed by atoms with Crippen molar-refractivity contribution in [2.24, 2.45) is 5.92 Å². The lowest BCUT2D eigenvalue weighted by Crippen LogP contribution is -2.38. The van der Waals surface area contributed by atoms with Crippen LogP contribution < -0.4 is 0 Å². The number of halogens is 1. The third-order valence-electron chi connectivity index (χ3n) is 5.33. The Morgan fingerprint density at radius 1 is 1.23 bits per heavy atom. The van der Waals surface area contributed by atoms with Gasteiger partial charge in [0.15, 0.2) is 5.82 Å². The molecule has 1 saturated heterocycles. The van der Waals surface area contributed by atoms with Gasteiger partial charge in [0.05, 0.1) is 6.54 Å². The molecule has 1 aliphatic rings. The van der Waals surface area contributed by atoms with E-state index in [0.717, 1.165) is 24.8 Å². The average molecular weight is 425 g/mol. The summed E-state index contributed by atoms with van der Waals surface area (Å²) < 4.78 is 19.2. The Kier molecular flexibility index (Phi) is 6.15. The maximum absolute atomic E-state index is 13.8. The highest BCUT2D eigenvalue weighted by Gasteiger charge is 2.23. The first kappa shape index (κ1) is 20.8. The molecule has 1 aromatic carbocycles. The summed E-state index contributed by atoms with van der Waals surface area (Å²) >= 11 is 0. The van der Waals surface area contributed by atoms with E-state index in [1.807, 2.05) is 4.90 Å². The Morgan fingerprint density at radius 2 is 2.03 bits per heavy atom. The minimum atomic E-state index is -0.353. The molecule has 10 heteroatoms. The zero-order valence-electron chi connectivity index (χ0n) is 17.5. The van der Waals surface area contributed by atoms with E-state index in [-0.39, 0.29) is 18.3 Å². The van der Waals surface area contributed by atoms with Crippen molar-refractivity contribution in [3.05, 3.63) is 58.8 Å². The molecule has 9 nitrogen and oxygen atoms in total. The fourth-order valence-corrected chi connectivity index (χ4v) is 3.71. The first-order valence-corrected chi connectivity index (χ1v) is 10.2. The zero-order valence-corrected chi connectivity index (χ0v) is 17.5. The van der Waals surface area contributed by atoms with Crippen molar-refractivity contribution < 1.29 is 13.6 Å². The summed E-state index contributed by atoms with van der Waals surface area (Å²) in [4.78, 5) is 15.9. The van der Waals surface area contributed by atoms with Crippen molar-refractivity contribution in [3.8, 4) is 0 Å². The molecule has 162 valence electrons. The molecule has 0 aliphatic carbocycles. The lowest BCUT2D eigenvalue weighted by atomic mass is 9.93. The number of aryl methyl sites for hydroxylation is 2. The fourth-order valence-electron chi connectivity index (χ4n) is 3.71. The van der Waals surface area contributed by atoms with Gasteiger partial charge in [0.2, 0.25) is 17.7 Å². The van der Waals surface area contributed by atoms with Crippen LogP contribution in [0.5, 0.6) is 0 Å². The van der Waals surface area contributed by atoms with Crippen LogP contribution in [0.2, 0.25) is 0 Å². The molecule has 31 heavy (non-hydrogen) atoms. The van der Waals surface area contributed by atoms with Gasteiger partial charge in [0, 0.05) is 32.5 Å². The summed E-state index contributed by atoms with van der Waals surface area (Å²) in [6, 6.07) is 4.45. The number of piperidine rings is 1. The SMILES string of the molecule is Cc1nnn(Cc2cc(F)ccc2/C=C/C(=O)N2CCC(Cc3nnc(C)o3)CC2)n1. The molecule has 0 atom stereocenters. The van der Waals surface area contributed by atoms with E-state index < -0.39 is 0 Å². The Labute approximate surface area is 179 Å². The van der Waals surface area contributed by atoms with Crippen LogP contribution >= 0.6 is 0 Å². The lowest BCUT2D eigenvalue weighted by molar-refractivity contribution is -0.127. The van der Waals surface area contributed by atoms with Crippen LogP contribution in [0, 0.1) is 25.6 Å². The summed E-state index contributed by atoms with van der Waals surface area (Å²) in [5.74, 6) is 1.79. The largest absolute Gasteiger partial charge is 0.426 e. The summed E-state index contributed by atoms with van der Waals surface area (Å²) in [6.07, 6.45) is 5.78. The van der Waals surface area contributed by atoms with E-state index in [4.69, 9.17) is 4.42 Å². The molecular formula is C21H24FN7O2. The number of hydrogen-bond donors (Lipinski definition) is 0. The van der Waals surface area contributed by atoms with E-state index in [1.165, 1.54) is 16.9 Å². The Morgan fingerprint density at radius 3 is 2.71 bits per heavy atom. The van der Waals surface area contributed by atoms with Crippen LogP contribution in [-0.4, -0.2) is 54.3 Å². The molecule has 1 amide bonds. The molecule has 1 aliphatic heterocycles. The van der Waals surface area contributed by atoms with Crippen LogP contribution in [0.25, 0.3) is 6.08 Å². The van der Waals surface area contributed by atoms with E-state index in [0.29, 0.717) is 42.2 Å². The van der Waals surface area contributed by atoms with Crippen LogP contribution in [-0.2, 0) is 17.8 Å². The third-order valence-corrected chi connectivity index (χ3v) is 5.33. The normalized spacial score (nSPS) is 15.1. The second-order valence-corrected chi connectivity index (χ2v) is 7.73. The Hall–Kier alpha value is -3.43. The monoisotopic (exact) mass is 425 g/mol. The highest BCUT2D eigenvalue weighted by Crippen LogP contribution is 2.22. The number of carbonyl (C=O) groups is 1. The van der Waals surface area contributed by atoms with Gasteiger partial charge in [0.1, 0.15) is 5.82 Å². The Balaban J connectivity index is 1.36. The zero-order chi connectivity index (χ0) is 21.8. The van der Waals surface area contributed by atoms with Crippen molar-refractivity contribution in [3.63, 3.8) is 0 Å². The molecule has 0 radical (unpaired) electrons. The fraction of sp³-hybridized carbons (Fsp3) is 0.429. The number of rotatable bonds is 6. The number of tetrazole rings is 1. The van der Waals surface area contributed by atoms with E-state index >= 15 is 0 Å². The quantitative estimate of drug-likeness (QED) is 0.559. The number of benzene rings is 1. The van der Waals surface area contributed by atoms with Crippen molar-refractivity contribution in [2.45, 2.75) is 39.7 Å². The first-order chi connectivity index (χ1) is 15.0. The maximum atomic E-state index is 13.8. The first-order valence-electron chi connectivity index (χ1n) is 10.2. The molecule has 0 bridgehead atoms. The van der Waals surface area contributed by atoms with E-state index in [2.05, 4.69) is 25.6 Å².